The van der Waals surface area contributed by atoms with Crippen molar-refractivity contribution >= 4 is 33.2 Å². The molecule has 0 amide bonds. The van der Waals surface area contributed by atoms with E-state index in [1.165, 1.54) is 12.1 Å². The highest BCUT2D eigenvalue weighted by atomic mass is 79.9. The first-order valence-corrected chi connectivity index (χ1v) is 6.64. The first-order valence-electron chi connectivity index (χ1n) is 5.47. The quantitative estimate of drug-likeness (QED) is 0.878. The van der Waals surface area contributed by atoms with E-state index in [0.717, 1.165) is 5.56 Å². The molecular weight excluding hydrogens is 331 g/mol. The van der Waals surface area contributed by atoms with E-state index in [4.69, 9.17) is 16.9 Å². The van der Waals surface area contributed by atoms with Gasteiger partial charge in [-0.3, -0.25) is 0 Å². The van der Waals surface area contributed by atoms with Crippen molar-refractivity contribution in [3.05, 3.63) is 62.8 Å². The van der Waals surface area contributed by atoms with Crippen LogP contribution >= 0.6 is 27.5 Å². The third-order valence-corrected chi connectivity index (χ3v) is 3.20. The van der Waals surface area contributed by atoms with Crippen LogP contribution in [0.25, 0.3) is 0 Å². The Hall–Kier alpha value is -1.57. The van der Waals surface area contributed by atoms with Gasteiger partial charge in [0.05, 0.1) is 11.3 Å². The molecule has 0 heterocycles. The Bertz CT molecular complexity index is 632. The van der Waals surface area contributed by atoms with Gasteiger partial charge in [-0.25, -0.2) is 4.39 Å². The second kappa shape index (κ2) is 6.05. The van der Waals surface area contributed by atoms with Crippen LogP contribution < -0.4 is 5.32 Å². The number of hydrogen-bond acceptors (Lipinski definition) is 2. The van der Waals surface area contributed by atoms with Gasteiger partial charge in [-0.1, -0.05) is 27.5 Å². The first kappa shape index (κ1) is 13.9. The fourth-order valence-electron chi connectivity index (χ4n) is 1.67. The minimum absolute atomic E-state index is 0.308. The molecule has 0 saturated heterocycles. The van der Waals surface area contributed by atoms with Crippen molar-refractivity contribution in [2.45, 2.75) is 6.54 Å². The molecule has 0 aliphatic heterocycles. The molecule has 0 radical (unpaired) electrons. The maximum absolute atomic E-state index is 13.2. The highest BCUT2D eigenvalue weighted by molar-refractivity contribution is 9.10. The van der Waals surface area contributed by atoms with Gasteiger partial charge in [-0.05, 0) is 42.0 Å². The van der Waals surface area contributed by atoms with Gasteiger partial charge < -0.3 is 5.32 Å². The molecule has 2 aromatic carbocycles. The summed E-state index contributed by atoms with van der Waals surface area (Å²) >= 11 is 9.13. The molecule has 0 unspecified atom stereocenters. The minimum atomic E-state index is -0.308. The summed E-state index contributed by atoms with van der Waals surface area (Å²) in [4.78, 5) is 0. The molecule has 0 bridgehead atoms. The first-order chi connectivity index (χ1) is 9.08. The minimum Gasteiger partial charge on any atom is -0.380 e. The number of anilines is 1. The molecule has 2 aromatic rings. The van der Waals surface area contributed by atoms with E-state index in [1.807, 2.05) is 6.07 Å². The van der Waals surface area contributed by atoms with Crippen molar-refractivity contribution < 1.29 is 4.39 Å². The summed E-state index contributed by atoms with van der Waals surface area (Å²) in [6.07, 6.45) is 0. The Morgan fingerprint density at radius 2 is 2.05 bits per heavy atom. The van der Waals surface area contributed by atoms with Crippen molar-refractivity contribution in [1.82, 2.24) is 0 Å². The molecule has 0 atom stereocenters. The zero-order valence-electron chi connectivity index (χ0n) is 9.75. The standard InChI is InChI=1S/C14H9BrClFN2/c15-11-3-9(4-13(17)5-11)8-19-14-6-12(16)2-1-10(14)7-18/h1-6,19H,8H2. The lowest BCUT2D eigenvalue weighted by Gasteiger charge is -2.09. The van der Waals surface area contributed by atoms with E-state index in [1.54, 1.807) is 18.2 Å². The average molecular weight is 340 g/mol. The van der Waals surface area contributed by atoms with Crippen LogP contribution in [-0.2, 0) is 6.54 Å². The van der Waals surface area contributed by atoms with Crippen LogP contribution in [0.4, 0.5) is 10.1 Å². The highest BCUT2D eigenvalue weighted by Gasteiger charge is 2.04. The van der Waals surface area contributed by atoms with E-state index in [0.29, 0.717) is 27.3 Å². The van der Waals surface area contributed by atoms with Crippen LogP contribution in [0.2, 0.25) is 5.02 Å². The van der Waals surface area contributed by atoms with Crippen LogP contribution in [-0.4, -0.2) is 0 Å². The molecule has 0 aliphatic carbocycles. The van der Waals surface area contributed by atoms with Crippen LogP contribution in [0.1, 0.15) is 11.1 Å². The summed E-state index contributed by atoms with van der Waals surface area (Å²) < 4.78 is 13.9. The maximum atomic E-state index is 13.2. The molecule has 1 N–H and O–H groups in total. The van der Waals surface area contributed by atoms with Gasteiger partial charge in [-0.2, -0.15) is 5.26 Å². The SMILES string of the molecule is N#Cc1ccc(Cl)cc1NCc1cc(F)cc(Br)c1. The van der Waals surface area contributed by atoms with Crippen molar-refractivity contribution in [2.75, 3.05) is 5.32 Å². The number of halogens is 3. The van der Waals surface area contributed by atoms with Crippen molar-refractivity contribution in [3.8, 4) is 6.07 Å². The van der Waals surface area contributed by atoms with Gasteiger partial charge in [0.2, 0.25) is 0 Å². The lowest BCUT2D eigenvalue weighted by molar-refractivity contribution is 0.625. The second-order valence-electron chi connectivity index (χ2n) is 3.93. The van der Waals surface area contributed by atoms with Crippen LogP contribution in [0.15, 0.2) is 40.9 Å². The molecule has 19 heavy (non-hydrogen) atoms. The van der Waals surface area contributed by atoms with E-state index in [2.05, 4.69) is 27.3 Å². The normalized spacial score (nSPS) is 10.0. The van der Waals surface area contributed by atoms with Crippen molar-refractivity contribution in [3.63, 3.8) is 0 Å². The van der Waals surface area contributed by atoms with Gasteiger partial charge in [0, 0.05) is 16.0 Å². The van der Waals surface area contributed by atoms with Crippen LogP contribution in [0.3, 0.4) is 0 Å². The molecule has 0 aromatic heterocycles. The average Bonchev–Trinajstić information content (AvgIpc) is 2.35. The molecule has 2 rings (SSSR count). The summed E-state index contributed by atoms with van der Waals surface area (Å²) in [5, 5.41) is 12.6. The predicted octanol–water partition coefficient (Wildman–Crippen LogP) is 4.73. The van der Waals surface area contributed by atoms with Gasteiger partial charge >= 0.3 is 0 Å². The third kappa shape index (κ3) is 3.69. The summed E-state index contributed by atoms with van der Waals surface area (Å²) in [5.41, 5.74) is 1.91. The molecule has 0 aliphatic rings. The Morgan fingerprint density at radius 1 is 1.26 bits per heavy atom. The van der Waals surface area contributed by atoms with Crippen LogP contribution in [0, 0.1) is 17.1 Å². The highest BCUT2D eigenvalue weighted by Crippen LogP contribution is 2.22. The van der Waals surface area contributed by atoms with Gasteiger partial charge in [-0.15, -0.1) is 0 Å². The number of hydrogen-bond donors (Lipinski definition) is 1. The number of nitrogens with zero attached hydrogens (tertiary/aromatic N) is 1. The molecule has 5 heteroatoms. The number of nitrogens with one attached hydrogen (secondary N) is 1. The molecule has 96 valence electrons. The zero-order valence-corrected chi connectivity index (χ0v) is 12.1. The lowest BCUT2D eigenvalue weighted by atomic mass is 10.1. The second-order valence-corrected chi connectivity index (χ2v) is 5.29. The Kier molecular flexibility index (Phi) is 4.41. The monoisotopic (exact) mass is 338 g/mol. The summed E-state index contributed by atoms with van der Waals surface area (Å²) in [7, 11) is 0. The molecule has 0 saturated carbocycles. The molecular formula is C14H9BrClFN2. The fourth-order valence-corrected chi connectivity index (χ4v) is 2.36. The number of rotatable bonds is 3. The van der Waals surface area contributed by atoms with E-state index >= 15 is 0 Å². The fraction of sp³-hybridized carbons (Fsp3) is 0.0714. The van der Waals surface area contributed by atoms with E-state index < -0.39 is 0 Å². The third-order valence-electron chi connectivity index (χ3n) is 2.51. The largest absolute Gasteiger partial charge is 0.380 e. The summed E-state index contributed by atoms with van der Waals surface area (Å²) in [6, 6.07) is 11.7. The summed E-state index contributed by atoms with van der Waals surface area (Å²) in [6.45, 7) is 0.408. The van der Waals surface area contributed by atoms with Gasteiger partial charge in [0.15, 0.2) is 0 Å². The smallest absolute Gasteiger partial charge is 0.124 e. The molecule has 2 nitrogen and oxygen atoms in total. The number of nitriles is 1. The zero-order chi connectivity index (χ0) is 13.8. The van der Waals surface area contributed by atoms with E-state index in [9.17, 15) is 4.39 Å². The predicted molar refractivity (Wildman–Crippen MR) is 77.6 cm³/mol. The van der Waals surface area contributed by atoms with Crippen molar-refractivity contribution in [1.29, 1.82) is 5.26 Å². The summed E-state index contributed by atoms with van der Waals surface area (Å²) in [5.74, 6) is -0.308. The van der Waals surface area contributed by atoms with E-state index in [-0.39, 0.29) is 5.82 Å². The Balaban J connectivity index is 2.19. The maximum Gasteiger partial charge on any atom is 0.124 e. The lowest BCUT2D eigenvalue weighted by Crippen LogP contribution is -2.01. The Labute approximate surface area is 123 Å². The Morgan fingerprint density at radius 3 is 2.74 bits per heavy atom. The van der Waals surface area contributed by atoms with Gasteiger partial charge in [0.1, 0.15) is 11.9 Å². The van der Waals surface area contributed by atoms with Crippen LogP contribution in [0.5, 0.6) is 0 Å². The molecule has 0 fully saturated rings. The van der Waals surface area contributed by atoms with Crippen molar-refractivity contribution in [2.24, 2.45) is 0 Å². The topological polar surface area (TPSA) is 35.8 Å². The number of benzene rings is 2. The molecule has 0 spiro atoms. The van der Waals surface area contributed by atoms with Gasteiger partial charge in [0.25, 0.3) is 0 Å².